The first-order chi connectivity index (χ1) is 16.9. The summed E-state index contributed by atoms with van der Waals surface area (Å²) in [5.41, 5.74) is -19.2. The van der Waals surface area contributed by atoms with Gasteiger partial charge in [-0.1, -0.05) is 13.8 Å². The molecule has 12 heteroatoms. The average Bonchev–Trinajstić information content (AvgIpc) is 3.46. The van der Waals surface area contributed by atoms with Gasteiger partial charge in [0.25, 0.3) is 0 Å². The molecule has 7 rings (SSSR count). The van der Waals surface area contributed by atoms with Crippen LogP contribution in [-0.2, 0) is 9.47 Å². The first kappa shape index (κ1) is 25.7. The van der Waals surface area contributed by atoms with Gasteiger partial charge in [-0.2, -0.15) is 0 Å². The van der Waals surface area contributed by atoms with Crippen LogP contribution in [0.3, 0.4) is 0 Å². The minimum atomic E-state index is -2.88. The average molecular weight is 526 g/mol. The molecule has 6 bridgehead atoms. The highest BCUT2D eigenvalue weighted by molar-refractivity contribution is 5.87. The molecule has 2 aliphatic heterocycles. The Labute approximate surface area is 212 Å². The fourth-order valence-electron chi connectivity index (χ4n) is 9.55. The lowest BCUT2D eigenvalue weighted by Gasteiger charge is -2.61. The van der Waals surface area contributed by atoms with Crippen molar-refractivity contribution in [2.75, 3.05) is 6.61 Å². The predicted molar refractivity (Wildman–Crippen MR) is 122 cm³/mol. The molecule has 3 heterocycles. The van der Waals surface area contributed by atoms with Crippen molar-refractivity contribution in [2.24, 2.45) is 16.7 Å². The lowest BCUT2D eigenvalue weighted by Crippen LogP contribution is -2.78. The third-order valence-electron chi connectivity index (χ3n) is 11.5. The zero-order valence-electron chi connectivity index (χ0n) is 21.1. The number of nitrogens with one attached hydrogen (secondary N) is 1. The van der Waals surface area contributed by atoms with Crippen LogP contribution in [0.4, 0.5) is 0 Å². The van der Waals surface area contributed by atoms with E-state index in [0.717, 1.165) is 0 Å². The number of aliphatic hydroxyl groups is 8. The number of aromatic nitrogens is 1. The summed E-state index contributed by atoms with van der Waals surface area (Å²) < 4.78 is 11.8. The highest BCUT2D eigenvalue weighted by atomic mass is 16.7. The molecule has 4 aliphatic carbocycles. The molecular formula is C25H35NO11. The van der Waals surface area contributed by atoms with Crippen LogP contribution in [0.25, 0.3) is 0 Å². The quantitative estimate of drug-likeness (QED) is 0.194. The molecule has 4 saturated carbocycles. The zero-order chi connectivity index (χ0) is 27.5. The summed E-state index contributed by atoms with van der Waals surface area (Å²) in [5, 5.41) is 95.3. The van der Waals surface area contributed by atoms with E-state index in [1.807, 2.05) is 0 Å². The molecule has 1 spiro atoms. The SMILES string of the molecule is C[C@@H](CO)[C@@]1(O)[C@@H](OC(=O)c2ccc[nH]2)[C@@]2(O)[C@@]3(C)C[C@@]4(O)O[C@@]5([C@@H](O)[C@@](C)(O)CC[C@]35O)[C@@]2(O)[C@]14C. The van der Waals surface area contributed by atoms with Crippen molar-refractivity contribution >= 4 is 5.97 Å². The molecule has 2 saturated heterocycles. The van der Waals surface area contributed by atoms with Crippen LogP contribution >= 0.6 is 0 Å². The summed E-state index contributed by atoms with van der Waals surface area (Å²) in [6, 6.07) is 2.93. The third kappa shape index (κ3) is 1.94. The molecule has 9 N–H and O–H groups in total. The highest BCUT2D eigenvalue weighted by Gasteiger charge is 3.10. The van der Waals surface area contributed by atoms with Gasteiger partial charge in [0.1, 0.15) is 34.2 Å². The number of hydrogen-bond acceptors (Lipinski definition) is 11. The van der Waals surface area contributed by atoms with Gasteiger partial charge >= 0.3 is 5.97 Å². The molecule has 0 unspecified atom stereocenters. The normalized spacial score (nSPS) is 60.0. The third-order valence-corrected chi connectivity index (χ3v) is 11.5. The van der Waals surface area contributed by atoms with Crippen molar-refractivity contribution in [1.29, 1.82) is 0 Å². The molecule has 37 heavy (non-hydrogen) atoms. The molecule has 0 radical (unpaired) electrons. The molecule has 1 aromatic rings. The lowest BCUT2D eigenvalue weighted by molar-refractivity contribution is -0.398. The number of H-pyrrole nitrogens is 1. The number of rotatable bonds is 4. The number of hydrogen-bond donors (Lipinski definition) is 9. The Morgan fingerprint density at radius 2 is 1.81 bits per heavy atom. The van der Waals surface area contributed by atoms with Crippen LogP contribution in [0.15, 0.2) is 18.3 Å². The Morgan fingerprint density at radius 1 is 1.16 bits per heavy atom. The Kier molecular flexibility index (Phi) is 4.44. The van der Waals surface area contributed by atoms with Crippen molar-refractivity contribution in [3.8, 4) is 0 Å². The monoisotopic (exact) mass is 525 g/mol. The minimum Gasteiger partial charge on any atom is -0.451 e. The predicted octanol–water partition coefficient (Wildman–Crippen LogP) is -2.10. The van der Waals surface area contributed by atoms with Crippen LogP contribution in [0.1, 0.15) is 57.4 Å². The van der Waals surface area contributed by atoms with Gasteiger partial charge in [0.2, 0.25) is 0 Å². The van der Waals surface area contributed by atoms with Gasteiger partial charge in [-0.25, -0.2) is 4.79 Å². The topological polar surface area (TPSA) is 213 Å². The van der Waals surface area contributed by atoms with E-state index in [1.165, 1.54) is 46.0 Å². The van der Waals surface area contributed by atoms with E-state index < -0.39 is 87.3 Å². The minimum absolute atomic E-state index is 0.0314. The van der Waals surface area contributed by atoms with Crippen LogP contribution in [0.2, 0.25) is 0 Å². The fraction of sp³-hybridized carbons (Fsp3) is 0.800. The second kappa shape index (κ2) is 6.40. The molecule has 6 aliphatic rings. The van der Waals surface area contributed by atoms with E-state index in [-0.39, 0.29) is 18.5 Å². The zero-order valence-corrected chi connectivity index (χ0v) is 21.1. The van der Waals surface area contributed by atoms with Gasteiger partial charge in [0.05, 0.1) is 11.0 Å². The number of ether oxygens (including phenoxy) is 2. The van der Waals surface area contributed by atoms with E-state index in [1.54, 1.807) is 0 Å². The van der Waals surface area contributed by atoms with Crippen LogP contribution in [-0.4, -0.2) is 110 Å². The van der Waals surface area contributed by atoms with Crippen LogP contribution < -0.4 is 0 Å². The maximum atomic E-state index is 13.2. The molecule has 12 nitrogen and oxygen atoms in total. The molecular weight excluding hydrogens is 490 g/mol. The van der Waals surface area contributed by atoms with Gasteiger partial charge in [0.15, 0.2) is 17.5 Å². The first-order valence-corrected chi connectivity index (χ1v) is 12.6. The summed E-state index contributed by atoms with van der Waals surface area (Å²) in [4.78, 5) is 15.9. The summed E-state index contributed by atoms with van der Waals surface area (Å²) >= 11 is 0. The maximum absolute atomic E-state index is 13.2. The van der Waals surface area contributed by atoms with Gasteiger partial charge in [-0.3, -0.25) is 0 Å². The number of aliphatic hydroxyl groups excluding tert-OH is 2. The Bertz CT molecular complexity index is 1190. The molecule has 0 amide bonds. The Balaban J connectivity index is 1.70. The summed E-state index contributed by atoms with van der Waals surface area (Å²) in [5.74, 6) is -4.72. The molecule has 206 valence electrons. The van der Waals surface area contributed by atoms with Crippen molar-refractivity contribution in [2.45, 2.75) is 98.6 Å². The largest absolute Gasteiger partial charge is 0.451 e. The van der Waals surface area contributed by atoms with Crippen molar-refractivity contribution in [3.63, 3.8) is 0 Å². The Hall–Kier alpha value is -1.61. The van der Waals surface area contributed by atoms with Crippen molar-refractivity contribution < 1.29 is 55.1 Å². The lowest BCUT2D eigenvalue weighted by atomic mass is 9.52. The molecule has 6 fully saturated rings. The van der Waals surface area contributed by atoms with E-state index in [4.69, 9.17) is 9.47 Å². The van der Waals surface area contributed by atoms with Gasteiger partial charge in [0, 0.05) is 30.6 Å². The van der Waals surface area contributed by atoms with E-state index in [2.05, 4.69) is 4.98 Å². The Morgan fingerprint density at radius 3 is 2.38 bits per heavy atom. The van der Waals surface area contributed by atoms with E-state index in [0.29, 0.717) is 0 Å². The number of esters is 1. The van der Waals surface area contributed by atoms with E-state index >= 15 is 0 Å². The van der Waals surface area contributed by atoms with Crippen molar-refractivity contribution in [1.82, 2.24) is 4.98 Å². The fourth-order valence-corrected chi connectivity index (χ4v) is 9.55. The maximum Gasteiger partial charge on any atom is 0.355 e. The van der Waals surface area contributed by atoms with Gasteiger partial charge in [-0.15, -0.1) is 0 Å². The summed E-state index contributed by atoms with van der Waals surface area (Å²) in [6.07, 6.45) is -3.51. The van der Waals surface area contributed by atoms with Gasteiger partial charge < -0.3 is 55.3 Å². The van der Waals surface area contributed by atoms with Gasteiger partial charge in [-0.05, 0) is 38.8 Å². The molecule has 1 aromatic heterocycles. The summed E-state index contributed by atoms with van der Waals surface area (Å²) in [7, 11) is 0. The second-order valence-corrected chi connectivity index (χ2v) is 12.6. The number of carbonyl (C=O) groups is 1. The van der Waals surface area contributed by atoms with Crippen LogP contribution in [0, 0.1) is 16.7 Å². The standard InChI is InChI=1S/C25H35NO11/c1-12(10-27)22(33)16(36-14(28)13-6-5-9-26-13)23(34)18(3)11-21(32)19(22,4)25(23,35)24(37-21)15(29)17(2,30)7-8-20(18,24)31/h5-6,9,12,15-16,26-27,29-35H,7-8,10-11H2,1-4H3/t12-,15-,16+,17-,18-,19-,20-,21+,22+,23+,24+,25+/m0/s1. The highest BCUT2D eigenvalue weighted by Crippen LogP contribution is 2.90. The second-order valence-electron chi connectivity index (χ2n) is 12.6. The molecule has 12 atom stereocenters. The van der Waals surface area contributed by atoms with Crippen LogP contribution in [0.5, 0.6) is 0 Å². The first-order valence-electron chi connectivity index (χ1n) is 12.6. The van der Waals surface area contributed by atoms with Crippen molar-refractivity contribution in [3.05, 3.63) is 24.0 Å². The number of aromatic amines is 1. The molecule has 0 aromatic carbocycles. The van der Waals surface area contributed by atoms with E-state index in [9.17, 15) is 45.6 Å². The number of carbonyl (C=O) groups excluding carboxylic acids is 1. The smallest absolute Gasteiger partial charge is 0.355 e. The summed E-state index contributed by atoms with van der Waals surface area (Å²) in [6.45, 7) is 4.57.